The molecule has 0 fully saturated rings. The Morgan fingerprint density at radius 3 is 2.33 bits per heavy atom. The Bertz CT molecular complexity index is 856. The third-order valence-electron chi connectivity index (χ3n) is 4.38. The van der Waals surface area contributed by atoms with E-state index in [0.717, 1.165) is 25.1 Å². The molecule has 0 spiro atoms. The lowest BCUT2D eigenvalue weighted by atomic mass is 10.1. The molecule has 0 aliphatic rings. The summed E-state index contributed by atoms with van der Waals surface area (Å²) in [4.78, 5) is 0. The first kappa shape index (κ1) is 16.1. The van der Waals surface area contributed by atoms with E-state index in [0.29, 0.717) is 0 Å². The van der Waals surface area contributed by atoms with Gasteiger partial charge in [-0.3, -0.25) is 0 Å². The number of hydrogen-bond donors (Lipinski definition) is 0. The minimum atomic E-state index is 0.838. The van der Waals surface area contributed by atoms with Crippen LogP contribution < -0.4 is 4.74 Å². The molecule has 0 unspecified atom stereocenters. The van der Waals surface area contributed by atoms with Crippen LogP contribution in [-0.2, 0) is 19.4 Å². The van der Waals surface area contributed by atoms with Gasteiger partial charge in [0.05, 0.1) is 7.11 Å². The molecule has 2 aromatic carbocycles. The molecule has 0 saturated carbocycles. The van der Waals surface area contributed by atoms with Gasteiger partial charge in [0.1, 0.15) is 5.75 Å². The molecule has 122 valence electrons. The predicted molar refractivity (Wildman–Crippen MR) is 102 cm³/mol. The highest BCUT2D eigenvalue weighted by Crippen LogP contribution is 2.29. The van der Waals surface area contributed by atoms with Crippen LogP contribution in [0.1, 0.15) is 16.8 Å². The lowest BCUT2D eigenvalue weighted by Crippen LogP contribution is -2.05. The van der Waals surface area contributed by atoms with E-state index in [1.807, 2.05) is 24.3 Å². The first-order chi connectivity index (χ1) is 11.8. The van der Waals surface area contributed by atoms with Crippen molar-refractivity contribution in [2.24, 2.45) is 0 Å². The first-order valence-electron chi connectivity index (χ1n) is 8.22. The van der Waals surface area contributed by atoms with Gasteiger partial charge in [-0.15, -0.1) is 13.2 Å². The van der Waals surface area contributed by atoms with Crippen molar-refractivity contribution in [3.05, 3.63) is 90.7 Å². The number of para-hydroxylation sites is 1. The summed E-state index contributed by atoms with van der Waals surface area (Å²) in [5.74, 6) is 0.884. The summed E-state index contributed by atoms with van der Waals surface area (Å²) < 4.78 is 7.66. The van der Waals surface area contributed by atoms with E-state index >= 15 is 0 Å². The summed E-state index contributed by atoms with van der Waals surface area (Å²) >= 11 is 0. The Morgan fingerprint density at radius 2 is 1.67 bits per heavy atom. The van der Waals surface area contributed by atoms with Gasteiger partial charge in [0.15, 0.2) is 0 Å². The number of ether oxygens (including phenoxy) is 1. The SMILES string of the molecule is C=CCc1c(CC=C)n(Cc2ccc(OC)cc2)c2ccccc12. The fourth-order valence-corrected chi connectivity index (χ4v) is 3.26. The van der Waals surface area contributed by atoms with E-state index in [1.54, 1.807) is 7.11 Å². The van der Waals surface area contributed by atoms with Crippen molar-refractivity contribution in [3.63, 3.8) is 0 Å². The highest BCUT2D eigenvalue weighted by atomic mass is 16.5. The van der Waals surface area contributed by atoms with E-state index in [9.17, 15) is 0 Å². The van der Waals surface area contributed by atoms with Gasteiger partial charge in [-0.1, -0.05) is 42.5 Å². The van der Waals surface area contributed by atoms with Crippen molar-refractivity contribution in [1.29, 1.82) is 0 Å². The van der Waals surface area contributed by atoms with Crippen LogP contribution in [-0.4, -0.2) is 11.7 Å². The van der Waals surface area contributed by atoms with E-state index in [-0.39, 0.29) is 0 Å². The van der Waals surface area contributed by atoms with Crippen molar-refractivity contribution in [2.45, 2.75) is 19.4 Å². The second-order valence-corrected chi connectivity index (χ2v) is 5.86. The Balaban J connectivity index is 2.11. The maximum Gasteiger partial charge on any atom is 0.118 e. The fraction of sp³-hybridized carbons (Fsp3) is 0.182. The van der Waals surface area contributed by atoms with Crippen molar-refractivity contribution in [1.82, 2.24) is 4.57 Å². The number of hydrogen-bond acceptors (Lipinski definition) is 1. The number of aromatic nitrogens is 1. The molecule has 2 heteroatoms. The van der Waals surface area contributed by atoms with Crippen molar-refractivity contribution < 1.29 is 4.74 Å². The van der Waals surface area contributed by atoms with Crippen molar-refractivity contribution >= 4 is 10.9 Å². The van der Waals surface area contributed by atoms with Crippen LogP contribution in [0.4, 0.5) is 0 Å². The highest BCUT2D eigenvalue weighted by Gasteiger charge is 2.15. The van der Waals surface area contributed by atoms with Gasteiger partial charge in [0.25, 0.3) is 0 Å². The third kappa shape index (κ3) is 3.00. The van der Waals surface area contributed by atoms with Gasteiger partial charge >= 0.3 is 0 Å². The summed E-state index contributed by atoms with van der Waals surface area (Å²) in [6, 6.07) is 16.9. The van der Waals surface area contributed by atoms with E-state index < -0.39 is 0 Å². The Labute approximate surface area is 143 Å². The maximum absolute atomic E-state index is 5.26. The predicted octanol–water partition coefficient (Wildman–Crippen LogP) is 5.16. The maximum atomic E-state index is 5.26. The van der Waals surface area contributed by atoms with Gasteiger partial charge < -0.3 is 9.30 Å². The molecule has 0 radical (unpaired) electrons. The summed E-state index contributed by atoms with van der Waals surface area (Å²) in [5, 5.41) is 1.31. The van der Waals surface area contributed by atoms with E-state index in [2.05, 4.69) is 54.1 Å². The molecule has 1 heterocycles. The van der Waals surface area contributed by atoms with Gasteiger partial charge in [0, 0.05) is 29.6 Å². The smallest absolute Gasteiger partial charge is 0.118 e. The summed E-state index contributed by atoms with van der Waals surface area (Å²) in [7, 11) is 1.69. The Morgan fingerprint density at radius 1 is 0.958 bits per heavy atom. The third-order valence-corrected chi connectivity index (χ3v) is 4.38. The first-order valence-corrected chi connectivity index (χ1v) is 8.22. The van der Waals surface area contributed by atoms with Crippen LogP contribution >= 0.6 is 0 Å². The zero-order valence-corrected chi connectivity index (χ0v) is 14.2. The topological polar surface area (TPSA) is 14.2 Å². The average molecular weight is 317 g/mol. The molecule has 0 N–H and O–H groups in total. The molecule has 1 aromatic heterocycles. The molecular formula is C22H23NO. The number of nitrogens with zero attached hydrogens (tertiary/aromatic N) is 1. The van der Waals surface area contributed by atoms with Crippen LogP contribution in [0.2, 0.25) is 0 Å². The highest BCUT2D eigenvalue weighted by molar-refractivity contribution is 5.86. The van der Waals surface area contributed by atoms with Crippen LogP contribution in [0.3, 0.4) is 0 Å². The number of benzene rings is 2. The lowest BCUT2D eigenvalue weighted by Gasteiger charge is -2.11. The molecule has 0 aliphatic heterocycles. The molecule has 3 rings (SSSR count). The molecule has 0 aliphatic carbocycles. The average Bonchev–Trinajstić information content (AvgIpc) is 2.90. The number of fused-ring (bicyclic) bond motifs is 1. The van der Waals surface area contributed by atoms with Gasteiger partial charge in [-0.25, -0.2) is 0 Å². The fourth-order valence-electron chi connectivity index (χ4n) is 3.26. The lowest BCUT2D eigenvalue weighted by molar-refractivity contribution is 0.414. The van der Waals surface area contributed by atoms with Gasteiger partial charge in [0.2, 0.25) is 0 Å². The summed E-state index contributed by atoms with van der Waals surface area (Å²) in [6.45, 7) is 8.71. The molecule has 0 saturated heterocycles. The second-order valence-electron chi connectivity index (χ2n) is 5.86. The zero-order chi connectivity index (χ0) is 16.9. The largest absolute Gasteiger partial charge is 0.497 e. The van der Waals surface area contributed by atoms with Gasteiger partial charge in [-0.2, -0.15) is 0 Å². The van der Waals surface area contributed by atoms with Crippen LogP contribution in [0.25, 0.3) is 10.9 Å². The molecule has 0 atom stereocenters. The minimum absolute atomic E-state index is 0.838. The number of rotatable bonds is 7. The van der Waals surface area contributed by atoms with E-state index in [1.165, 1.54) is 27.7 Å². The molecule has 0 amide bonds. The van der Waals surface area contributed by atoms with Crippen molar-refractivity contribution in [3.8, 4) is 5.75 Å². The summed E-state index contributed by atoms with van der Waals surface area (Å²) in [5.41, 5.74) is 5.20. The van der Waals surface area contributed by atoms with Crippen LogP contribution in [0, 0.1) is 0 Å². The molecule has 0 bridgehead atoms. The number of methoxy groups -OCH3 is 1. The molecule has 2 nitrogen and oxygen atoms in total. The number of allylic oxidation sites excluding steroid dienone is 2. The summed E-state index contributed by atoms with van der Waals surface area (Å²) in [6.07, 6.45) is 5.69. The Hall–Kier alpha value is -2.74. The second kappa shape index (κ2) is 7.22. The Kier molecular flexibility index (Phi) is 4.85. The van der Waals surface area contributed by atoms with Crippen molar-refractivity contribution in [2.75, 3.05) is 7.11 Å². The quantitative estimate of drug-likeness (QED) is 0.549. The van der Waals surface area contributed by atoms with Crippen LogP contribution in [0.15, 0.2) is 73.8 Å². The van der Waals surface area contributed by atoms with Gasteiger partial charge in [-0.05, 0) is 35.7 Å². The van der Waals surface area contributed by atoms with Crippen LogP contribution in [0.5, 0.6) is 5.75 Å². The zero-order valence-electron chi connectivity index (χ0n) is 14.2. The molecular weight excluding hydrogens is 294 g/mol. The monoisotopic (exact) mass is 317 g/mol. The standard InChI is InChI=1S/C22H23NO/c1-4-8-19-20-10-6-7-11-22(20)23(21(19)9-5-2)16-17-12-14-18(24-3)15-13-17/h4-7,10-15H,1-2,8-9,16H2,3H3. The minimum Gasteiger partial charge on any atom is -0.497 e. The molecule has 3 aromatic rings. The normalized spacial score (nSPS) is 10.7. The van der Waals surface area contributed by atoms with E-state index in [4.69, 9.17) is 4.74 Å². The molecule has 24 heavy (non-hydrogen) atoms.